The molecule has 1 aromatic carbocycles. The van der Waals surface area contributed by atoms with Gasteiger partial charge in [-0.05, 0) is 38.1 Å². The molecule has 0 aliphatic rings. The Balaban J connectivity index is 2.32. The first-order chi connectivity index (χ1) is 8.61. The lowest BCUT2D eigenvalue weighted by molar-refractivity contribution is 0.590. The molecule has 2 aromatic rings. The van der Waals surface area contributed by atoms with E-state index in [2.05, 4.69) is 36.3 Å². The van der Waals surface area contributed by atoms with Crippen molar-refractivity contribution < 1.29 is 0 Å². The summed E-state index contributed by atoms with van der Waals surface area (Å²) in [5, 5.41) is 14.5. The highest BCUT2D eigenvalue weighted by molar-refractivity contribution is 7.14. The molecule has 1 heterocycles. The van der Waals surface area contributed by atoms with Gasteiger partial charge >= 0.3 is 0 Å². The first-order valence-corrected chi connectivity index (χ1v) is 7.14. The summed E-state index contributed by atoms with van der Waals surface area (Å²) in [4.78, 5) is 0. The van der Waals surface area contributed by atoms with Crippen LogP contribution in [0.3, 0.4) is 0 Å². The minimum absolute atomic E-state index is 0.237. The molecule has 0 fully saturated rings. The number of nitrogens with zero attached hydrogens (tertiary/aromatic N) is 2. The Kier molecular flexibility index (Phi) is 4.32. The summed E-state index contributed by atoms with van der Waals surface area (Å²) in [5.74, 6) is 0. The molecule has 0 saturated carbocycles. The molecule has 2 rings (SSSR count). The zero-order chi connectivity index (χ0) is 13.1. The first kappa shape index (κ1) is 13.5. The predicted molar refractivity (Wildman–Crippen MR) is 77.2 cm³/mol. The van der Waals surface area contributed by atoms with Gasteiger partial charge in [-0.25, -0.2) is 0 Å². The molecule has 1 aromatic heterocycles. The van der Waals surface area contributed by atoms with E-state index in [1.807, 2.05) is 18.2 Å². The number of nitrogens with one attached hydrogen (secondary N) is 1. The average molecular weight is 282 g/mol. The topological polar surface area (TPSA) is 37.8 Å². The standard InChI is InChI=1S/C13H16ClN3S/c1-4-15-9(3)12-16-17-13(18-12)11-7-10(14)6-5-8(11)2/h5-7,9,15H,4H2,1-3H3. The van der Waals surface area contributed by atoms with Crippen molar-refractivity contribution in [2.24, 2.45) is 0 Å². The summed E-state index contributed by atoms with van der Waals surface area (Å²) >= 11 is 7.64. The molecule has 0 radical (unpaired) electrons. The number of aryl methyl sites for hydroxylation is 1. The van der Waals surface area contributed by atoms with E-state index in [0.29, 0.717) is 0 Å². The molecule has 0 aliphatic carbocycles. The van der Waals surface area contributed by atoms with Crippen LogP contribution in [0.4, 0.5) is 0 Å². The highest BCUT2D eigenvalue weighted by atomic mass is 35.5. The van der Waals surface area contributed by atoms with Crippen LogP contribution >= 0.6 is 22.9 Å². The van der Waals surface area contributed by atoms with Crippen LogP contribution in [-0.2, 0) is 0 Å². The summed E-state index contributed by atoms with van der Waals surface area (Å²) in [5.41, 5.74) is 2.23. The normalized spacial score (nSPS) is 12.7. The van der Waals surface area contributed by atoms with Gasteiger partial charge in [0.15, 0.2) is 0 Å². The number of rotatable bonds is 4. The third-order valence-corrected chi connectivity index (χ3v) is 4.13. The van der Waals surface area contributed by atoms with Crippen LogP contribution in [0, 0.1) is 6.92 Å². The van der Waals surface area contributed by atoms with E-state index in [1.165, 1.54) is 5.56 Å². The minimum atomic E-state index is 0.237. The van der Waals surface area contributed by atoms with E-state index in [1.54, 1.807) is 11.3 Å². The van der Waals surface area contributed by atoms with Crippen LogP contribution in [0.5, 0.6) is 0 Å². The Bertz CT molecular complexity index is 539. The Hall–Kier alpha value is -0.970. The maximum atomic E-state index is 6.03. The van der Waals surface area contributed by atoms with E-state index in [0.717, 1.165) is 27.1 Å². The predicted octanol–water partition coefficient (Wildman–Crippen LogP) is 3.84. The minimum Gasteiger partial charge on any atom is -0.308 e. The fourth-order valence-electron chi connectivity index (χ4n) is 1.74. The summed E-state index contributed by atoms with van der Waals surface area (Å²) in [7, 11) is 0. The summed E-state index contributed by atoms with van der Waals surface area (Å²) in [6.45, 7) is 7.16. The van der Waals surface area contributed by atoms with Crippen LogP contribution in [0.2, 0.25) is 5.02 Å². The van der Waals surface area contributed by atoms with Gasteiger partial charge in [0.05, 0.1) is 6.04 Å². The van der Waals surface area contributed by atoms with Crippen molar-refractivity contribution >= 4 is 22.9 Å². The van der Waals surface area contributed by atoms with Gasteiger partial charge in [-0.15, -0.1) is 10.2 Å². The van der Waals surface area contributed by atoms with Gasteiger partial charge in [0, 0.05) is 10.6 Å². The molecule has 0 spiro atoms. The van der Waals surface area contributed by atoms with Crippen molar-refractivity contribution in [2.45, 2.75) is 26.8 Å². The number of aromatic nitrogens is 2. The molecule has 18 heavy (non-hydrogen) atoms. The third kappa shape index (κ3) is 2.88. The van der Waals surface area contributed by atoms with Gasteiger partial charge < -0.3 is 5.32 Å². The zero-order valence-electron chi connectivity index (χ0n) is 10.7. The molecule has 1 N–H and O–H groups in total. The Morgan fingerprint density at radius 3 is 2.89 bits per heavy atom. The van der Waals surface area contributed by atoms with Crippen molar-refractivity contribution in [1.82, 2.24) is 15.5 Å². The van der Waals surface area contributed by atoms with Crippen molar-refractivity contribution in [1.29, 1.82) is 0 Å². The SMILES string of the molecule is CCNC(C)c1nnc(-c2cc(Cl)ccc2C)s1. The van der Waals surface area contributed by atoms with E-state index in [4.69, 9.17) is 11.6 Å². The van der Waals surface area contributed by atoms with Crippen molar-refractivity contribution in [3.63, 3.8) is 0 Å². The monoisotopic (exact) mass is 281 g/mol. The van der Waals surface area contributed by atoms with Gasteiger partial charge in [0.1, 0.15) is 10.0 Å². The van der Waals surface area contributed by atoms with Crippen molar-refractivity contribution in [3.8, 4) is 10.6 Å². The quantitative estimate of drug-likeness (QED) is 0.925. The third-order valence-electron chi connectivity index (χ3n) is 2.75. The van der Waals surface area contributed by atoms with Gasteiger partial charge in [-0.1, -0.05) is 35.9 Å². The molecule has 0 saturated heterocycles. The highest BCUT2D eigenvalue weighted by Crippen LogP contribution is 2.30. The molecular weight excluding hydrogens is 266 g/mol. The second kappa shape index (κ2) is 5.78. The molecule has 0 amide bonds. The molecule has 0 bridgehead atoms. The lowest BCUT2D eigenvalue weighted by Crippen LogP contribution is -2.17. The highest BCUT2D eigenvalue weighted by Gasteiger charge is 2.13. The van der Waals surface area contributed by atoms with Crippen LogP contribution < -0.4 is 5.32 Å². The maximum Gasteiger partial charge on any atom is 0.148 e. The molecule has 3 nitrogen and oxygen atoms in total. The summed E-state index contributed by atoms with van der Waals surface area (Å²) in [6, 6.07) is 6.08. The molecule has 96 valence electrons. The molecule has 1 unspecified atom stereocenters. The molecular formula is C13H16ClN3S. The van der Waals surface area contributed by atoms with Crippen LogP contribution in [0.1, 0.15) is 30.5 Å². The number of hydrogen-bond donors (Lipinski definition) is 1. The zero-order valence-corrected chi connectivity index (χ0v) is 12.3. The van der Waals surface area contributed by atoms with Gasteiger partial charge in [0.2, 0.25) is 0 Å². The molecule has 1 atom stereocenters. The molecule has 5 heteroatoms. The largest absolute Gasteiger partial charge is 0.308 e. The fraction of sp³-hybridized carbons (Fsp3) is 0.385. The van der Waals surface area contributed by atoms with Gasteiger partial charge in [0.25, 0.3) is 0 Å². The Labute approximate surface area is 116 Å². The second-order valence-electron chi connectivity index (χ2n) is 4.18. The van der Waals surface area contributed by atoms with Gasteiger partial charge in [-0.2, -0.15) is 0 Å². The van der Waals surface area contributed by atoms with E-state index in [9.17, 15) is 0 Å². The van der Waals surface area contributed by atoms with Gasteiger partial charge in [-0.3, -0.25) is 0 Å². The Morgan fingerprint density at radius 2 is 2.17 bits per heavy atom. The first-order valence-electron chi connectivity index (χ1n) is 5.95. The van der Waals surface area contributed by atoms with Crippen LogP contribution in [-0.4, -0.2) is 16.7 Å². The van der Waals surface area contributed by atoms with E-state index >= 15 is 0 Å². The summed E-state index contributed by atoms with van der Waals surface area (Å²) in [6.07, 6.45) is 0. The Morgan fingerprint density at radius 1 is 1.39 bits per heavy atom. The maximum absolute atomic E-state index is 6.03. The lowest BCUT2D eigenvalue weighted by atomic mass is 10.1. The number of halogens is 1. The van der Waals surface area contributed by atoms with E-state index in [-0.39, 0.29) is 6.04 Å². The summed E-state index contributed by atoms with van der Waals surface area (Å²) < 4.78 is 0. The van der Waals surface area contributed by atoms with Crippen LogP contribution in [0.15, 0.2) is 18.2 Å². The van der Waals surface area contributed by atoms with E-state index < -0.39 is 0 Å². The van der Waals surface area contributed by atoms with Crippen LogP contribution in [0.25, 0.3) is 10.6 Å². The number of benzene rings is 1. The average Bonchev–Trinajstić information content (AvgIpc) is 2.82. The lowest BCUT2D eigenvalue weighted by Gasteiger charge is -2.06. The smallest absolute Gasteiger partial charge is 0.148 e. The fourth-order valence-corrected chi connectivity index (χ4v) is 2.86. The van der Waals surface area contributed by atoms with Crippen molar-refractivity contribution in [3.05, 3.63) is 33.8 Å². The van der Waals surface area contributed by atoms with Crippen molar-refractivity contribution in [2.75, 3.05) is 6.54 Å². The number of hydrogen-bond acceptors (Lipinski definition) is 4. The molecule has 0 aliphatic heterocycles. The second-order valence-corrected chi connectivity index (χ2v) is 5.63.